The highest BCUT2D eigenvalue weighted by Gasteiger charge is 2.37. The highest BCUT2D eigenvalue weighted by Crippen LogP contribution is 2.41. The Labute approximate surface area is 162 Å². The SMILES string of the molecule is CN1CC(=O)N(CCO)c2sc3c(c2C1=O)CCN(C(=O)CC1CCC1)C3. The molecule has 1 fully saturated rings. The molecule has 0 bridgehead atoms. The minimum Gasteiger partial charge on any atom is -0.395 e. The van der Waals surface area contributed by atoms with Gasteiger partial charge in [-0.3, -0.25) is 19.3 Å². The van der Waals surface area contributed by atoms with Crippen molar-refractivity contribution >= 4 is 34.1 Å². The third kappa shape index (κ3) is 3.25. The first-order valence-electron chi connectivity index (χ1n) is 9.58. The predicted molar refractivity (Wildman–Crippen MR) is 102 cm³/mol. The largest absolute Gasteiger partial charge is 0.395 e. The molecule has 3 aliphatic rings. The second-order valence-corrected chi connectivity index (χ2v) is 8.76. The second kappa shape index (κ2) is 7.24. The van der Waals surface area contributed by atoms with E-state index in [4.69, 9.17) is 0 Å². The summed E-state index contributed by atoms with van der Waals surface area (Å²) in [6.45, 7) is 1.17. The number of anilines is 1. The van der Waals surface area contributed by atoms with E-state index in [0.717, 1.165) is 23.3 Å². The lowest BCUT2D eigenvalue weighted by molar-refractivity contribution is -0.133. The number of amides is 3. The maximum atomic E-state index is 12.9. The molecule has 8 heteroatoms. The van der Waals surface area contributed by atoms with Gasteiger partial charge in [-0.05, 0) is 30.7 Å². The van der Waals surface area contributed by atoms with Gasteiger partial charge in [-0.15, -0.1) is 11.3 Å². The normalized spacial score (nSPS) is 20.3. The topological polar surface area (TPSA) is 81.2 Å². The number of fused-ring (bicyclic) bond motifs is 3. The maximum Gasteiger partial charge on any atom is 0.257 e. The van der Waals surface area contributed by atoms with Crippen molar-refractivity contribution in [3.05, 3.63) is 16.0 Å². The number of hydrogen-bond acceptors (Lipinski definition) is 5. The monoisotopic (exact) mass is 391 g/mol. The summed E-state index contributed by atoms with van der Waals surface area (Å²) < 4.78 is 0. The first-order chi connectivity index (χ1) is 13.0. The van der Waals surface area contributed by atoms with E-state index >= 15 is 0 Å². The summed E-state index contributed by atoms with van der Waals surface area (Å²) in [5.41, 5.74) is 1.56. The summed E-state index contributed by atoms with van der Waals surface area (Å²) in [4.78, 5) is 43.9. The molecule has 2 aliphatic heterocycles. The van der Waals surface area contributed by atoms with Crippen LogP contribution in [0.25, 0.3) is 0 Å². The van der Waals surface area contributed by atoms with Gasteiger partial charge in [0.15, 0.2) is 0 Å². The van der Waals surface area contributed by atoms with Crippen LogP contribution in [0.4, 0.5) is 5.00 Å². The summed E-state index contributed by atoms with van der Waals surface area (Å²) >= 11 is 1.42. The molecule has 1 N–H and O–H groups in total. The molecule has 146 valence electrons. The molecule has 3 heterocycles. The first kappa shape index (κ1) is 18.4. The van der Waals surface area contributed by atoms with E-state index in [1.807, 2.05) is 4.90 Å². The molecule has 0 unspecified atom stereocenters. The van der Waals surface area contributed by atoms with Crippen LogP contribution < -0.4 is 4.90 Å². The number of aliphatic hydroxyl groups is 1. The molecular weight excluding hydrogens is 366 g/mol. The number of rotatable bonds is 4. The number of carbonyl (C=O) groups excluding carboxylic acids is 3. The van der Waals surface area contributed by atoms with Crippen LogP contribution in [0.5, 0.6) is 0 Å². The van der Waals surface area contributed by atoms with E-state index in [1.54, 1.807) is 7.05 Å². The van der Waals surface area contributed by atoms with Crippen LogP contribution in [-0.2, 0) is 22.6 Å². The number of aliphatic hydroxyl groups excluding tert-OH is 1. The van der Waals surface area contributed by atoms with Crippen LogP contribution in [0.1, 0.15) is 46.5 Å². The summed E-state index contributed by atoms with van der Waals surface area (Å²) in [6.07, 6.45) is 4.79. The molecule has 1 aromatic rings. The lowest BCUT2D eigenvalue weighted by Crippen LogP contribution is -2.39. The van der Waals surface area contributed by atoms with Crippen LogP contribution in [0, 0.1) is 5.92 Å². The van der Waals surface area contributed by atoms with Gasteiger partial charge in [0.1, 0.15) is 11.5 Å². The third-order valence-electron chi connectivity index (χ3n) is 5.88. The Hall–Kier alpha value is -1.93. The summed E-state index contributed by atoms with van der Waals surface area (Å²) in [5, 5.41) is 10.0. The Morgan fingerprint density at radius 3 is 2.70 bits per heavy atom. The Morgan fingerprint density at radius 1 is 1.26 bits per heavy atom. The lowest BCUT2D eigenvalue weighted by Gasteiger charge is -2.31. The first-order valence-corrected chi connectivity index (χ1v) is 10.4. The molecule has 0 radical (unpaired) electrons. The molecule has 0 aromatic carbocycles. The van der Waals surface area contributed by atoms with Crippen LogP contribution in [0.15, 0.2) is 0 Å². The van der Waals surface area contributed by atoms with Gasteiger partial charge in [0.25, 0.3) is 5.91 Å². The van der Waals surface area contributed by atoms with E-state index in [-0.39, 0.29) is 37.4 Å². The molecular formula is C19H25N3O4S. The van der Waals surface area contributed by atoms with E-state index in [2.05, 4.69) is 0 Å². The van der Waals surface area contributed by atoms with Crippen molar-refractivity contribution < 1.29 is 19.5 Å². The number of likely N-dealkylation sites (N-methyl/N-ethyl adjacent to an activating group) is 1. The molecule has 1 aromatic heterocycles. The van der Waals surface area contributed by atoms with Crippen LogP contribution in [-0.4, -0.2) is 65.9 Å². The Balaban J connectivity index is 1.63. The van der Waals surface area contributed by atoms with Gasteiger partial charge in [-0.1, -0.05) is 6.42 Å². The van der Waals surface area contributed by atoms with Crippen LogP contribution in [0.3, 0.4) is 0 Å². The molecule has 0 atom stereocenters. The maximum absolute atomic E-state index is 12.9. The second-order valence-electron chi connectivity index (χ2n) is 7.68. The molecule has 4 rings (SSSR count). The molecule has 1 aliphatic carbocycles. The third-order valence-corrected chi connectivity index (χ3v) is 7.12. The van der Waals surface area contributed by atoms with Crippen molar-refractivity contribution in [2.24, 2.45) is 5.92 Å². The van der Waals surface area contributed by atoms with E-state index in [9.17, 15) is 19.5 Å². The van der Waals surface area contributed by atoms with Crippen molar-refractivity contribution in [3.8, 4) is 0 Å². The van der Waals surface area contributed by atoms with E-state index in [1.165, 1.54) is 27.6 Å². The number of carbonyl (C=O) groups is 3. The zero-order chi connectivity index (χ0) is 19.1. The quantitative estimate of drug-likeness (QED) is 0.837. The molecule has 3 amide bonds. The number of nitrogens with zero attached hydrogens (tertiary/aromatic N) is 3. The molecule has 7 nitrogen and oxygen atoms in total. The average molecular weight is 391 g/mol. The summed E-state index contributed by atoms with van der Waals surface area (Å²) in [7, 11) is 1.63. The zero-order valence-electron chi connectivity index (χ0n) is 15.6. The number of β-amino-alcohol motifs (C(OH)–C–C–N with tert-alkyl or cyclic N) is 1. The smallest absolute Gasteiger partial charge is 0.257 e. The van der Waals surface area contributed by atoms with Gasteiger partial charge < -0.3 is 14.9 Å². The Bertz CT molecular complexity index is 786. The zero-order valence-corrected chi connectivity index (χ0v) is 16.4. The standard InChI is InChI=1S/C19H25N3O4S/c1-20-11-16(25)22(7-8-23)19-17(18(20)26)13-5-6-21(10-14(13)27-19)15(24)9-12-3-2-4-12/h12,23H,2-11H2,1H3. The van der Waals surface area contributed by atoms with Gasteiger partial charge >= 0.3 is 0 Å². The van der Waals surface area contributed by atoms with Crippen LogP contribution in [0.2, 0.25) is 0 Å². The van der Waals surface area contributed by atoms with Crippen LogP contribution >= 0.6 is 11.3 Å². The minimum atomic E-state index is -0.185. The highest BCUT2D eigenvalue weighted by molar-refractivity contribution is 7.17. The molecule has 1 saturated carbocycles. The molecule has 0 spiro atoms. The molecule has 27 heavy (non-hydrogen) atoms. The van der Waals surface area contributed by atoms with Crippen molar-refractivity contribution in [2.75, 3.05) is 38.2 Å². The van der Waals surface area contributed by atoms with Crippen molar-refractivity contribution in [3.63, 3.8) is 0 Å². The molecule has 0 saturated heterocycles. The Morgan fingerprint density at radius 2 is 2.04 bits per heavy atom. The lowest BCUT2D eigenvalue weighted by atomic mass is 9.82. The fraction of sp³-hybridized carbons (Fsp3) is 0.632. The van der Waals surface area contributed by atoms with Crippen molar-refractivity contribution in [2.45, 2.75) is 38.6 Å². The number of hydrogen-bond donors (Lipinski definition) is 1. The predicted octanol–water partition coefficient (Wildman–Crippen LogP) is 1.23. The van der Waals surface area contributed by atoms with Gasteiger partial charge in [-0.25, -0.2) is 0 Å². The van der Waals surface area contributed by atoms with Gasteiger partial charge in [0.2, 0.25) is 11.8 Å². The van der Waals surface area contributed by atoms with Crippen molar-refractivity contribution in [1.29, 1.82) is 0 Å². The van der Waals surface area contributed by atoms with Gasteiger partial charge in [0.05, 0.1) is 18.7 Å². The Kier molecular flexibility index (Phi) is 4.94. The van der Waals surface area contributed by atoms with Gasteiger partial charge in [-0.2, -0.15) is 0 Å². The van der Waals surface area contributed by atoms with Crippen molar-refractivity contribution in [1.82, 2.24) is 9.80 Å². The summed E-state index contributed by atoms with van der Waals surface area (Å²) in [6, 6.07) is 0. The summed E-state index contributed by atoms with van der Waals surface area (Å²) in [5.74, 6) is 0.397. The minimum absolute atomic E-state index is 0.0149. The average Bonchev–Trinajstić information content (AvgIpc) is 2.95. The van der Waals surface area contributed by atoms with E-state index in [0.29, 0.717) is 42.4 Å². The highest BCUT2D eigenvalue weighted by atomic mass is 32.1. The fourth-order valence-corrected chi connectivity index (χ4v) is 5.47. The van der Waals surface area contributed by atoms with Gasteiger partial charge in [0, 0.05) is 31.4 Å². The number of thiophene rings is 1. The fourth-order valence-electron chi connectivity index (χ4n) is 4.08. The van der Waals surface area contributed by atoms with E-state index < -0.39 is 0 Å².